The third-order valence-electron chi connectivity index (χ3n) is 9.23. The zero-order valence-corrected chi connectivity index (χ0v) is 35.9. The Morgan fingerprint density at radius 3 is 1.51 bits per heavy atom. The second-order valence-electron chi connectivity index (χ2n) is 15.7. The van der Waals surface area contributed by atoms with Crippen LogP contribution in [0.3, 0.4) is 0 Å². The number of likely N-dealkylation sites (N-methyl/N-ethyl adjacent to an activating group) is 1. The molecule has 0 aliphatic carbocycles. The van der Waals surface area contributed by atoms with Crippen LogP contribution in [-0.2, 0) is 32.7 Å². The molecule has 0 spiro atoms. The van der Waals surface area contributed by atoms with Gasteiger partial charge in [-0.3, -0.25) is 18.6 Å². The van der Waals surface area contributed by atoms with Gasteiger partial charge in [0, 0.05) is 12.8 Å². The number of esters is 2. The van der Waals surface area contributed by atoms with Crippen molar-refractivity contribution in [2.24, 2.45) is 0 Å². The van der Waals surface area contributed by atoms with E-state index < -0.39 is 26.5 Å². The Hall–Kier alpha value is -1.51. The lowest BCUT2D eigenvalue weighted by atomic mass is 10.0. The summed E-state index contributed by atoms with van der Waals surface area (Å²) >= 11 is 0. The molecule has 0 aromatic rings. The lowest BCUT2D eigenvalue weighted by Gasteiger charge is -2.24. The summed E-state index contributed by atoms with van der Waals surface area (Å²) in [5.74, 6) is -0.809. The predicted molar refractivity (Wildman–Crippen MR) is 220 cm³/mol. The highest BCUT2D eigenvalue weighted by atomic mass is 31.2. The number of carbonyl (C=O) groups excluding carboxylic acids is 2. The molecule has 10 heteroatoms. The zero-order valence-electron chi connectivity index (χ0n) is 35.0. The monoisotopic (exact) mass is 773 g/mol. The molecular formula is C43H83NO8P+. The minimum Gasteiger partial charge on any atom is -0.462 e. The van der Waals surface area contributed by atoms with Gasteiger partial charge in [0.05, 0.1) is 27.7 Å². The number of carbonyl (C=O) groups is 2. The Balaban J connectivity index is 4.39. The highest BCUT2D eigenvalue weighted by molar-refractivity contribution is 7.47. The summed E-state index contributed by atoms with van der Waals surface area (Å²) in [7, 11) is 1.47. The number of allylic oxidation sites excluding steroid dienone is 4. The lowest BCUT2D eigenvalue weighted by molar-refractivity contribution is -0.870. The molecule has 2 atom stereocenters. The van der Waals surface area contributed by atoms with Crippen LogP contribution in [0.2, 0.25) is 0 Å². The molecule has 312 valence electrons. The number of rotatable bonds is 39. The average molecular weight is 773 g/mol. The maximum atomic E-state index is 12.7. The Morgan fingerprint density at radius 2 is 1.02 bits per heavy atom. The third-order valence-corrected chi connectivity index (χ3v) is 10.2. The van der Waals surface area contributed by atoms with Crippen molar-refractivity contribution in [3.8, 4) is 0 Å². The third kappa shape index (κ3) is 40.0. The quantitative estimate of drug-likeness (QED) is 0.0216. The standard InChI is InChI=1S/C43H82NO8P/c1-6-8-10-12-14-16-18-20-21-22-24-26-28-30-32-34-36-43(46)52-41(40-51-53(47,48)50-38-37-44(3,4)5)39-49-42(45)35-33-31-29-27-25-23-19-17-15-13-11-9-7-2/h16,18,21-22,41H,6-15,17,19-20,23-40H2,1-5H3/p+1/b18-16-,22-21-. The van der Waals surface area contributed by atoms with Crippen LogP contribution in [0.25, 0.3) is 0 Å². The molecule has 0 aromatic carbocycles. The molecule has 0 aliphatic heterocycles. The van der Waals surface area contributed by atoms with Crippen molar-refractivity contribution >= 4 is 19.8 Å². The molecule has 0 radical (unpaired) electrons. The minimum absolute atomic E-state index is 0.0305. The molecule has 0 heterocycles. The normalized spacial score (nSPS) is 13.8. The molecule has 0 fully saturated rings. The Bertz CT molecular complexity index is 964. The SMILES string of the molecule is CCCCCC/C=C\C/C=C\CCCCCCCC(=O)OC(COC(=O)CCCCCCCCCCCCCCC)COP(=O)(O)OCC[N+](C)(C)C. The molecule has 0 amide bonds. The van der Waals surface area contributed by atoms with Gasteiger partial charge in [-0.1, -0.05) is 154 Å². The Labute approximate surface area is 326 Å². The van der Waals surface area contributed by atoms with E-state index in [0.717, 1.165) is 57.8 Å². The van der Waals surface area contributed by atoms with Gasteiger partial charge in [-0.05, 0) is 44.9 Å². The van der Waals surface area contributed by atoms with Crippen LogP contribution < -0.4 is 0 Å². The molecule has 1 N–H and O–H groups in total. The van der Waals surface area contributed by atoms with Crippen LogP contribution in [0.15, 0.2) is 24.3 Å². The van der Waals surface area contributed by atoms with E-state index >= 15 is 0 Å². The van der Waals surface area contributed by atoms with Gasteiger partial charge in [-0.25, -0.2) is 4.57 Å². The van der Waals surface area contributed by atoms with Crippen molar-refractivity contribution in [1.29, 1.82) is 0 Å². The van der Waals surface area contributed by atoms with Crippen LogP contribution in [0.5, 0.6) is 0 Å². The summed E-state index contributed by atoms with van der Waals surface area (Å²) in [6.07, 6.45) is 37.9. The van der Waals surface area contributed by atoms with Crippen LogP contribution in [0.1, 0.15) is 187 Å². The number of phosphoric acid groups is 1. The van der Waals surface area contributed by atoms with Crippen molar-refractivity contribution in [2.75, 3.05) is 47.5 Å². The minimum atomic E-state index is -4.37. The van der Waals surface area contributed by atoms with Crippen LogP contribution in [0, 0.1) is 0 Å². The van der Waals surface area contributed by atoms with Crippen LogP contribution in [0.4, 0.5) is 0 Å². The van der Waals surface area contributed by atoms with Crippen molar-refractivity contribution < 1.29 is 42.1 Å². The first-order valence-corrected chi connectivity index (χ1v) is 23.1. The summed E-state index contributed by atoms with van der Waals surface area (Å²) in [6.45, 7) is 4.39. The Morgan fingerprint density at radius 1 is 0.585 bits per heavy atom. The molecule has 0 aromatic heterocycles. The van der Waals surface area contributed by atoms with Gasteiger partial charge < -0.3 is 18.9 Å². The second-order valence-corrected chi connectivity index (χ2v) is 17.2. The summed E-state index contributed by atoms with van der Waals surface area (Å²) in [5, 5.41) is 0. The molecule has 2 unspecified atom stereocenters. The van der Waals surface area contributed by atoms with Crippen molar-refractivity contribution in [3.63, 3.8) is 0 Å². The number of hydrogen-bond donors (Lipinski definition) is 1. The number of ether oxygens (including phenoxy) is 2. The van der Waals surface area contributed by atoms with E-state index in [0.29, 0.717) is 17.4 Å². The summed E-state index contributed by atoms with van der Waals surface area (Å²) < 4.78 is 34.3. The van der Waals surface area contributed by atoms with Crippen LogP contribution in [-0.4, -0.2) is 74.9 Å². The van der Waals surface area contributed by atoms with Gasteiger partial charge >= 0.3 is 19.8 Å². The Kier molecular flexibility index (Phi) is 35.1. The van der Waals surface area contributed by atoms with E-state index in [4.69, 9.17) is 18.5 Å². The molecule has 0 saturated carbocycles. The van der Waals surface area contributed by atoms with E-state index in [2.05, 4.69) is 38.2 Å². The molecule has 0 aliphatic rings. The highest BCUT2D eigenvalue weighted by Gasteiger charge is 2.27. The van der Waals surface area contributed by atoms with E-state index in [1.807, 2.05) is 21.1 Å². The molecule has 9 nitrogen and oxygen atoms in total. The molecule has 53 heavy (non-hydrogen) atoms. The predicted octanol–water partition coefficient (Wildman–Crippen LogP) is 12.0. The fourth-order valence-electron chi connectivity index (χ4n) is 5.81. The summed E-state index contributed by atoms with van der Waals surface area (Å²) in [6, 6.07) is 0. The first-order valence-electron chi connectivity index (χ1n) is 21.6. The molecule has 0 bridgehead atoms. The van der Waals surface area contributed by atoms with Gasteiger partial charge in [0.15, 0.2) is 6.10 Å². The number of hydrogen-bond acceptors (Lipinski definition) is 7. The van der Waals surface area contributed by atoms with E-state index in [1.54, 1.807) is 0 Å². The summed E-state index contributed by atoms with van der Waals surface area (Å²) in [4.78, 5) is 35.3. The summed E-state index contributed by atoms with van der Waals surface area (Å²) in [5.41, 5.74) is 0. The lowest BCUT2D eigenvalue weighted by Crippen LogP contribution is -2.37. The fraction of sp³-hybridized carbons (Fsp3) is 0.860. The van der Waals surface area contributed by atoms with E-state index in [-0.39, 0.29) is 32.0 Å². The van der Waals surface area contributed by atoms with Crippen LogP contribution >= 0.6 is 7.82 Å². The van der Waals surface area contributed by atoms with Crippen molar-refractivity contribution in [2.45, 2.75) is 193 Å². The van der Waals surface area contributed by atoms with Gasteiger partial charge in [0.1, 0.15) is 19.8 Å². The average Bonchev–Trinajstić information content (AvgIpc) is 3.10. The molecular weight excluding hydrogens is 689 g/mol. The first-order chi connectivity index (χ1) is 25.5. The zero-order chi connectivity index (χ0) is 39.3. The van der Waals surface area contributed by atoms with Gasteiger partial charge in [0.25, 0.3) is 0 Å². The molecule has 0 saturated heterocycles. The largest absolute Gasteiger partial charge is 0.472 e. The van der Waals surface area contributed by atoms with Gasteiger partial charge in [0.2, 0.25) is 0 Å². The fourth-order valence-corrected chi connectivity index (χ4v) is 6.55. The maximum Gasteiger partial charge on any atom is 0.472 e. The van der Waals surface area contributed by atoms with Crippen molar-refractivity contribution in [3.05, 3.63) is 24.3 Å². The number of phosphoric ester groups is 1. The van der Waals surface area contributed by atoms with Gasteiger partial charge in [-0.15, -0.1) is 0 Å². The number of quaternary nitrogens is 1. The van der Waals surface area contributed by atoms with E-state index in [1.165, 1.54) is 96.3 Å². The van der Waals surface area contributed by atoms with Crippen molar-refractivity contribution in [1.82, 2.24) is 0 Å². The smallest absolute Gasteiger partial charge is 0.462 e. The highest BCUT2D eigenvalue weighted by Crippen LogP contribution is 2.43. The second kappa shape index (κ2) is 36.1. The van der Waals surface area contributed by atoms with Gasteiger partial charge in [-0.2, -0.15) is 0 Å². The number of nitrogens with zero attached hydrogens (tertiary/aromatic N) is 1. The topological polar surface area (TPSA) is 108 Å². The maximum absolute atomic E-state index is 12.7. The van der Waals surface area contributed by atoms with E-state index in [9.17, 15) is 19.0 Å². The molecule has 0 rings (SSSR count). The number of unbranched alkanes of at least 4 members (excludes halogenated alkanes) is 21. The first kappa shape index (κ1) is 51.5.